The topological polar surface area (TPSA) is 29.5 Å². The van der Waals surface area contributed by atoms with Crippen molar-refractivity contribution in [2.24, 2.45) is 0 Å². The van der Waals surface area contributed by atoms with Gasteiger partial charge in [-0.2, -0.15) is 0 Å². The molecule has 1 saturated heterocycles. The summed E-state index contributed by atoms with van der Waals surface area (Å²) in [5.74, 6) is 0.200. The summed E-state index contributed by atoms with van der Waals surface area (Å²) in [6, 6.07) is 17.7. The minimum absolute atomic E-state index is 0.134. The molecule has 3 rings (SSSR count). The van der Waals surface area contributed by atoms with Crippen LogP contribution in [0.4, 0.5) is 0 Å². The van der Waals surface area contributed by atoms with Crippen molar-refractivity contribution in [3.05, 3.63) is 70.7 Å². The van der Waals surface area contributed by atoms with Crippen LogP contribution in [0, 0.1) is 0 Å². The van der Waals surface area contributed by atoms with E-state index in [1.54, 1.807) is 7.11 Å². The third-order valence-corrected chi connectivity index (χ3v) is 4.83. The van der Waals surface area contributed by atoms with Crippen LogP contribution in [-0.2, 0) is 9.53 Å². The first-order valence-electron chi connectivity index (χ1n) is 8.33. The monoisotopic (exact) mass is 343 g/mol. The van der Waals surface area contributed by atoms with Gasteiger partial charge in [-0.25, -0.2) is 0 Å². The Morgan fingerprint density at radius 2 is 1.71 bits per heavy atom. The normalized spacial score (nSPS) is 17.6. The van der Waals surface area contributed by atoms with Crippen molar-refractivity contribution in [1.29, 1.82) is 0 Å². The Morgan fingerprint density at radius 1 is 1.00 bits per heavy atom. The number of hydrogen-bond donors (Lipinski definition) is 0. The minimum atomic E-state index is -0.230. The van der Waals surface area contributed by atoms with Crippen molar-refractivity contribution in [2.45, 2.75) is 31.4 Å². The predicted molar refractivity (Wildman–Crippen MR) is 95.9 cm³/mol. The number of piperidine rings is 1. The summed E-state index contributed by atoms with van der Waals surface area (Å²) in [5.41, 5.74) is 2.11. The molecule has 0 spiro atoms. The van der Waals surface area contributed by atoms with Crippen LogP contribution < -0.4 is 0 Å². The lowest BCUT2D eigenvalue weighted by Crippen LogP contribution is -2.41. The number of carbonyl (C=O) groups excluding carboxylic acids is 1. The molecule has 24 heavy (non-hydrogen) atoms. The summed E-state index contributed by atoms with van der Waals surface area (Å²) in [7, 11) is 1.70. The number of rotatable bonds is 5. The van der Waals surface area contributed by atoms with Gasteiger partial charge in [-0.3, -0.25) is 4.79 Å². The number of carbonyl (C=O) groups is 1. The van der Waals surface area contributed by atoms with Gasteiger partial charge in [0.05, 0.1) is 6.04 Å². The molecular formula is C20H22ClNO2. The zero-order valence-electron chi connectivity index (χ0n) is 13.8. The Morgan fingerprint density at radius 3 is 2.33 bits per heavy atom. The first kappa shape index (κ1) is 17.0. The van der Waals surface area contributed by atoms with Crippen LogP contribution in [0.1, 0.15) is 42.5 Å². The van der Waals surface area contributed by atoms with Crippen LogP contribution in [0.5, 0.6) is 0 Å². The first-order chi connectivity index (χ1) is 11.7. The average molecular weight is 344 g/mol. The van der Waals surface area contributed by atoms with E-state index in [4.69, 9.17) is 16.3 Å². The zero-order chi connectivity index (χ0) is 16.9. The molecule has 126 valence electrons. The van der Waals surface area contributed by atoms with Gasteiger partial charge in [0.2, 0.25) is 5.91 Å². The number of halogens is 1. The summed E-state index contributed by atoms with van der Waals surface area (Å²) in [5, 5.41) is 0.693. The molecule has 2 aromatic carbocycles. The van der Waals surface area contributed by atoms with Gasteiger partial charge in [0.25, 0.3) is 0 Å². The van der Waals surface area contributed by atoms with Gasteiger partial charge in [0.15, 0.2) is 0 Å². The molecule has 1 heterocycles. The van der Waals surface area contributed by atoms with E-state index in [1.807, 2.05) is 47.4 Å². The van der Waals surface area contributed by atoms with Crippen molar-refractivity contribution >= 4 is 17.5 Å². The van der Waals surface area contributed by atoms with Gasteiger partial charge in [0, 0.05) is 25.1 Å². The van der Waals surface area contributed by atoms with E-state index in [9.17, 15) is 4.79 Å². The SMILES string of the molecule is CO[C@@H](c1ccc(Cl)cc1)[C@@H](c1ccccc1)N1CCCCC1=O. The Balaban J connectivity index is 2.02. The maximum atomic E-state index is 12.6. The van der Waals surface area contributed by atoms with E-state index in [0.717, 1.165) is 30.5 Å². The van der Waals surface area contributed by atoms with E-state index in [0.29, 0.717) is 11.4 Å². The molecule has 1 amide bonds. The zero-order valence-corrected chi connectivity index (χ0v) is 14.6. The third-order valence-electron chi connectivity index (χ3n) is 4.58. The maximum absolute atomic E-state index is 12.6. The lowest BCUT2D eigenvalue weighted by atomic mass is 9.92. The lowest BCUT2D eigenvalue weighted by Gasteiger charge is -2.39. The van der Waals surface area contributed by atoms with E-state index in [1.165, 1.54) is 0 Å². The number of methoxy groups -OCH3 is 1. The molecule has 0 saturated carbocycles. The fourth-order valence-corrected chi connectivity index (χ4v) is 3.52. The van der Waals surface area contributed by atoms with E-state index in [-0.39, 0.29) is 18.1 Å². The molecule has 1 fully saturated rings. The van der Waals surface area contributed by atoms with Crippen molar-refractivity contribution in [3.63, 3.8) is 0 Å². The van der Waals surface area contributed by atoms with Gasteiger partial charge in [-0.15, -0.1) is 0 Å². The largest absolute Gasteiger partial charge is 0.374 e. The third kappa shape index (κ3) is 3.63. The summed E-state index contributed by atoms with van der Waals surface area (Å²) in [6.07, 6.45) is 2.38. The Bertz CT molecular complexity index is 672. The Kier molecular flexibility index (Phi) is 5.54. The highest BCUT2D eigenvalue weighted by molar-refractivity contribution is 6.30. The van der Waals surface area contributed by atoms with Crippen molar-refractivity contribution in [2.75, 3.05) is 13.7 Å². The fraction of sp³-hybridized carbons (Fsp3) is 0.350. The molecule has 0 aliphatic carbocycles. The molecule has 3 nitrogen and oxygen atoms in total. The van der Waals surface area contributed by atoms with Crippen molar-refractivity contribution in [1.82, 2.24) is 4.90 Å². The van der Waals surface area contributed by atoms with Crippen LogP contribution in [0.2, 0.25) is 5.02 Å². The highest BCUT2D eigenvalue weighted by atomic mass is 35.5. The standard InChI is InChI=1S/C20H22ClNO2/c1-24-20(16-10-12-17(21)13-11-16)19(15-7-3-2-4-8-15)22-14-6-5-9-18(22)23/h2-4,7-8,10-13,19-20H,5-6,9,14H2,1H3/t19-,20+/m1/s1. The second-order valence-electron chi connectivity index (χ2n) is 6.11. The van der Waals surface area contributed by atoms with Gasteiger partial charge in [0.1, 0.15) is 6.10 Å². The second kappa shape index (κ2) is 7.82. The minimum Gasteiger partial charge on any atom is -0.374 e. The molecule has 1 aliphatic heterocycles. The molecular weight excluding hydrogens is 322 g/mol. The molecule has 0 radical (unpaired) electrons. The van der Waals surface area contributed by atoms with Crippen LogP contribution in [-0.4, -0.2) is 24.5 Å². The smallest absolute Gasteiger partial charge is 0.223 e. The Labute approximate surface area is 148 Å². The van der Waals surface area contributed by atoms with Crippen LogP contribution in [0.15, 0.2) is 54.6 Å². The molecule has 0 unspecified atom stereocenters. The van der Waals surface area contributed by atoms with Crippen molar-refractivity contribution < 1.29 is 9.53 Å². The summed E-state index contributed by atoms with van der Waals surface area (Å²) in [4.78, 5) is 14.5. The number of amides is 1. The molecule has 0 bridgehead atoms. The van der Waals surface area contributed by atoms with E-state index >= 15 is 0 Å². The van der Waals surface area contributed by atoms with E-state index < -0.39 is 0 Å². The highest BCUT2D eigenvalue weighted by Crippen LogP contribution is 2.38. The molecule has 2 aromatic rings. The number of likely N-dealkylation sites (tertiary alicyclic amines) is 1. The summed E-state index contributed by atoms with van der Waals surface area (Å²) < 4.78 is 5.86. The molecule has 0 N–H and O–H groups in total. The average Bonchev–Trinajstić information content (AvgIpc) is 2.62. The van der Waals surface area contributed by atoms with Crippen LogP contribution in [0.25, 0.3) is 0 Å². The predicted octanol–water partition coefficient (Wildman–Crippen LogP) is 4.78. The molecule has 1 aliphatic rings. The van der Waals surface area contributed by atoms with Crippen LogP contribution in [0.3, 0.4) is 0 Å². The van der Waals surface area contributed by atoms with Crippen LogP contribution >= 0.6 is 11.6 Å². The number of hydrogen-bond acceptors (Lipinski definition) is 2. The molecule has 2 atom stereocenters. The number of ether oxygens (including phenoxy) is 1. The summed E-state index contributed by atoms with van der Waals surface area (Å²) in [6.45, 7) is 0.770. The van der Waals surface area contributed by atoms with Gasteiger partial charge < -0.3 is 9.64 Å². The van der Waals surface area contributed by atoms with E-state index in [2.05, 4.69) is 12.1 Å². The molecule has 4 heteroatoms. The summed E-state index contributed by atoms with van der Waals surface area (Å²) >= 11 is 6.02. The quantitative estimate of drug-likeness (QED) is 0.781. The fourth-order valence-electron chi connectivity index (χ4n) is 3.39. The van der Waals surface area contributed by atoms with Gasteiger partial charge in [-0.05, 0) is 36.1 Å². The van der Waals surface area contributed by atoms with Crippen molar-refractivity contribution in [3.8, 4) is 0 Å². The second-order valence-corrected chi connectivity index (χ2v) is 6.54. The molecule has 0 aromatic heterocycles. The maximum Gasteiger partial charge on any atom is 0.223 e. The Hall–Kier alpha value is -1.84. The van der Waals surface area contributed by atoms with Gasteiger partial charge >= 0.3 is 0 Å². The number of benzene rings is 2. The highest BCUT2D eigenvalue weighted by Gasteiger charge is 2.34. The first-order valence-corrected chi connectivity index (χ1v) is 8.71. The van der Waals surface area contributed by atoms with Gasteiger partial charge in [-0.1, -0.05) is 54.1 Å². The number of nitrogens with zero attached hydrogens (tertiary/aromatic N) is 1. The lowest BCUT2D eigenvalue weighted by molar-refractivity contribution is -0.139.